The molecule has 0 aliphatic carbocycles. The molecule has 5 heteroatoms. The van der Waals surface area contributed by atoms with Gasteiger partial charge in [0.25, 0.3) is 5.91 Å². The van der Waals surface area contributed by atoms with Crippen LogP contribution >= 0.6 is 0 Å². The number of amides is 1. The first-order chi connectivity index (χ1) is 8.06. The fourth-order valence-corrected chi connectivity index (χ4v) is 1.30. The Kier molecular flexibility index (Phi) is 4.66. The fourth-order valence-electron chi connectivity index (χ4n) is 1.30. The van der Waals surface area contributed by atoms with Gasteiger partial charge in [-0.2, -0.15) is 0 Å². The molecule has 0 aromatic heterocycles. The lowest BCUT2D eigenvalue weighted by Gasteiger charge is -2.09. The first-order valence-corrected chi connectivity index (χ1v) is 5.20. The number of esters is 1. The van der Waals surface area contributed by atoms with Gasteiger partial charge in [0.2, 0.25) is 0 Å². The summed E-state index contributed by atoms with van der Waals surface area (Å²) in [5.41, 5.74) is 0.443. The Hall–Kier alpha value is -1.88. The van der Waals surface area contributed by atoms with Crippen molar-refractivity contribution < 1.29 is 19.4 Å². The Morgan fingerprint density at radius 2 is 1.94 bits per heavy atom. The van der Waals surface area contributed by atoms with Gasteiger partial charge in [-0.1, -0.05) is 12.1 Å². The van der Waals surface area contributed by atoms with E-state index < -0.39 is 18.0 Å². The molecule has 0 fully saturated rings. The maximum atomic E-state index is 11.8. The highest BCUT2D eigenvalue weighted by Gasteiger charge is 2.16. The van der Waals surface area contributed by atoms with Gasteiger partial charge in [-0.25, -0.2) is 4.79 Å². The quantitative estimate of drug-likeness (QED) is 0.751. The van der Waals surface area contributed by atoms with Crippen LogP contribution in [0.3, 0.4) is 0 Å². The molecule has 2 N–H and O–H groups in total. The smallest absolute Gasteiger partial charge is 0.338 e. The number of carbonyl (C=O) groups excluding carboxylic acids is 2. The Morgan fingerprint density at radius 1 is 1.35 bits per heavy atom. The van der Waals surface area contributed by atoms with Crippen LogP contribution in [-0.2, 0) is 4.74 Å². The first-order valence-electron chi connectivity index (χ1n) is 5.20. The third kappa shape index (κ3) is 3.57. The highest BCUT2D eigenvalue weighted by atomic mass is 16.5. The predicted molar refractivity (Wildman–Crippen MR) is 61.8 cm³/mol. The molecule has 1 aromatic rings. The monoisotopic (exact) mass is 237 g/mol. The largest absolute Gasteiger partial charge is 0.465 e. The molecule has 0 spiro atoms. The number of methoxy groups -OCH3 is 1. The van der Waals surface area contributed by atoms with Gasteiger partial charge in [0.05, 0.1) is 24.3 Å². The number of aliphatic hydroxyl groups is 1. The van der Waals surface area contributed by atoms with Crippen molar-refractivity contribution in [3.63, 3.8) is 0 Å². The van der Waals surface area contributed by atoms with Crippen LogP contribution in [0.4, 0.5) is 0 Å². The molecule has 0 saturated heterocycles. The summed E-state index contributed by atoms with van der Waals surface area (Å²) in [5.74, 6) is -0.973. The molecule has 1 amide bonds. The minimum atomic E-state index is -0.635. The Balaban J connectivity index is 2.89. The molecule has 0 aliphatic rings. The van der Waals surface area contributed by atoms with Gasteiger partial charge in [0.1, 0.15) is 0 Å². The molecule has 0 heterocycles. The standard InChI is InChI=1S/C12H15NO4/c1-8(14)7-13-11(15)9-5-3-4-6-10(9)12(16)17-2/h3-6,8,14H,7H2,1-2H3,(H,13,15). The van der Waals surface area contributed by atoms with Gasteiger partial charge >= 0.3 is 5.97 Å². The number of aliphatic hydroxyl groups excluding tert-OH is 1. The number of carbonyl (C=O) groups is 2. The number of hydrogen-bond donors (Lipinski definition) is 2. The van der Waals surface area contributed by atoms with E-state index in [9.17, 15) is 9.59 Å². The topological polar surface area (TPSA) is 75.6 Å². The average molecular weight is 237 g/mol. The minimum Gasteiger partial charge on any atom is -0.465 e. The van der Waals surface area contributed by atoms with E-state index >= 15 is 0 Å². The van der Waals surface area contributed by atoms with Gasteiger partial charge in [0.15, 0.2) is 0 Å². The molecule has 0 saturated carbocycles. The number of nitrogens with one attached hydrogen (secondary N) is 1. The molecule has 1 unspecified atom stereocenters. The molecule has 1 atom stereocenters. The second-order valence-corrected chi connectivity index (χ2v) is 3.60. The van der Waals surface area contributed by atoms with Crippen molar-refractivity contribution in [2.45, 2.75) is 13.0 Å². The third-order valence-electron chi connectivity index (χ3n) is 2.14. The van der Waals surface area contributed by atoms with Crippen molar-refractivity contribution in [3.8, 4) is 0 Å². The van der Waals surface area contributed by atoms with Gasteiger partial charge < -0.3 is 15.2 Å². The van der Waals surface area contributed by atoms with Crippen LogP contribution in [0.25, 0.3) is 0 Å². The molecule has 0 radical (unpaired) electrons. The van der Waals surface area contributed by atoms with E-state index in [0.29, 0.717) is 0 Å². The normalized spacial score (nSPS) is 11.7. The summed E-state index contributed by atoms with van der Waals surface area (Å²) >= 11 is 0. The van der Waals surface area contributed by atoms with E-state index in [1.54, 1.807) is 19.1 Å². The number of ether oxygens (including phenoxy) is 1. The fraction of sp³-hybridized carbons (Fsp3) is 0.333. The summed E-state index contributed by atoms with van der Waals surface area (Å²) in [5, 5.41) is 11.6. The zero-order valence-electron chi connectivity index (χ0n) is 9.77. The van der Waals surface area contributed by atoms with Crippen molar-refractivity contribution in [2.75, 3.05) is 13.7 Å². The van der Waals surface area contributed by atoms with Crippen LogP contribution in [0.15, 0.2) is 24.3 Å². The molecular weight excluding hydrogens is 222 g/mol. The highest BCUT2D eigenvalue weighted by Crippen LogP contribution is 2.09. The summed E-state index contributed by atoms with van der Waals surface area (Å²) in [6, 6.07) is 6.36. The van der Waals surface area contributed by atoms with Crippen molar-refractivity contribution in [1.29, 1.82) is 0 Å². The van der Waals surface area contributed by atoms with Gasteiger partial charge in [-0.15, -0.1) is 0 Å². The van der Waals surface area contributed by atoms with Crippen molar-refractivity contribution in [3.05, 3.63) is 35.4 Å². The summed E-state index contributed by atoms with van der Waals surface area (Å²) in [4.78, 5) is 23.2. The van der Waals surface area contributed by atoms with Crippen LogP contribution in [0.2, 0.25) is 0 Å². The highest BCUT2D eigenvalue weighted by molar-refractivity contribution is 6.05. The second-order valence-electron chi connectivity index (χ2n) is 3.60. The van der Waals surface area contributed by atoms with E-state index in [4.69, 9.17) is 5.11 Å². The zero-order chi connectivity index (χ0) is 12.8. The molecule has 1 aromatic carbocycles. The number of rotatable bonds is 4. The molecule has 92 valence electrons. The molecular formula is C12H15NO4. The van der Waals surface area contributed by atoms with Crippen molar-refractivity contribution in [2.24, 2.45) is 0 Å². The van der Waals surface area contributed by atoms with E-state index in [1.165, 1.54) is 19.2 Å². The minimum absolute atomic E-state index is 0.133. The summed E-state index contributed by atoms with van der Waals surface area (Å²) < 4.78 is 4.58. The van der Waals surface area contributed by atoms with E-state index in [-0.39, 0.29) is 17.7 Å². The van der Waals surface area contributed by atoms with Gasteiger partial charge in [-0.05, 0) is 19.1 Å². The maximum Gasteiger partial charge on any atom is 0.338 e. The lowest BCUT2D eigenvalue weighted by molar-refractivity contribution is 0.0596. The lowest BCUT2D eigenvalue weighted by Crippen LogP contribution is -2.31. The van der Waals surface area contributed by atoms with Crippen molar-refractivity contribution in [1.82, 2.24) is 5.32 Å². The van der Waals surface area contributed by atoms with Crippen LogP contribution in [0.5, 0.6) is 0 Å². The van der Waals surface area contributed by atoms with E-state index in [1.807, 2.05) is 0 Å². The third-order valence-corrected chi connectivity index (χ3v) is 2.14. The van der Waals surface area contributed by atoms with Crippen LogP contribution in [0, 0.1) is 0 Å². The number of hydrogen-bond acceptors (Lipinski definition) is 4. The average Bonchev–Trinajstić information content (AvgIpc) is 2.34. The summed E-state index contributed by atoms with van der Waals surface area (Å²) in [6.07, 6.45) is -0.635. The van der Waals surface area contributed by atoms with E-state index in [2.05, 4.69) is 10.1 Å². The first kappa shape index (κ1) is 13.2. The summed E-state index contributed by atoms with van der Waals surface area (Å²) in [6.45, 7) is 1.70. The summed E-state index contributed by atoms with van der Waals surface area (Å²) in [7, 11) is 1.26. The molecule has 1 rings (SSSR count). The molecule has 0 bridgehead atoms. The van der Waals surface area contributed by atoms with Crippen LogP contribution < -0.4 is 5.32 Å². The maximum absolute atomic E-state index is 11.8. The van der Waals surface area contributed by atoms with Crippen LogP contribution in [0.1, 0.15) is 27.6 Å². The zero-order valence-corrected chi connectivity index (χ0v) is 9.77. The van der Waals surface area contributed by atoms with Crippen molar-refractivity contribution >= 4 is 11.9 Å². The Morgan fingerprint density at radius 3 is 2.47 bits per heavy atom. The Labute approximate surface area is 99.4 Å². The molecule has 5 nitrogen and oxygen atoms in total. The molecule has 17 heavy (non-hydrogen) atoms. The van der Waals surface area contributed by atoms with E-state index in [0.717, 1.165) is 0 Å². The SMILES string of the molecule is COC(=O)c1ccccc1C(=O)NCC(C)O. The van der Waals surface area contributed by atoms with Crippen LogP contribution in [-0.4, -0.2) is 36.7 Å². The van der Waals surface area contributed by atoms with Gasteiger partial charge in [0, 0.05) is 6.54 Å². The lowest BCUT2D eigenvalue weighted by atomic mass is 10.1. The number of benzene rings is 1. The van der Waals surface area contributed by atoms with Gasteiger partial charge in [-0.3, -0.25) is 4.79 Å². The predicted octanol–water partition coefficient (Wildman–Crippen LogP) is 0.584. The second kappa shape index (κ2) is 6.00. The molecule has 0 aliphatic heterocycles. The Bertz CT molecular complexity index is 415.